The summed E-state index contributed by atoms with van der Waals surface area (Å²) >= 11 is 0. The molecule has 3 saturated carbocycles. The van der Waals surface area contributed by atoms with Crippen LogP contribution in [0.1, 0.15) is 145 Å². The lowest BCUT2D eigenvalue weighted by Crippen LogP contribution is -2.36. The van der Waals surface area contributed by atoms with E-state index in [1.165, 1.54) is 86.7 Å². The Hall–Kier alpha value is -3.68. The molecular weight excluding hydrogens is 755 g/mol. The number of allylic oxidation sites excluding steroid dienone is 3. The van der Waals surface area contributed by atoms with Crippen molar-refractivity contribution < 1.29 is 25.2 Å². The molecule has 330 valence electrons. The van der Waals surface area contributed by atoms with Crippen molar-refractivity contribution in [2.24, 2.45) is 23.2 Å². The van der Waals surface area contributed by atoms with Crippen molar-refractivity contribution in [3.63, 3.8) is 0 Å². The van der Waals surface area contributed by atoms with Crippen LogP contribution in [0.25, 0.3) is 0 Å². The van der Waals surface area contributed by atoms with Gasteiger partial charge in [0.25, 0.3) is 0 Å². The third kappa shape index (κ3) is 11.3. The molecule has 0 amide bonds. The van der Waals surface area contributed by atoms with E-state index in [2.05, 4.69) is 98.1 Å². The predicted octanol–water partition coefficient (Wildman–Crippen LogP) is 11.4. The quantitative estimate of drug-likeness (QED) is 0.136. The number of phenolic OH excluding ortho intramolecular Hbond substituents is 1. The minimum Gasteiger partial charge on any atom is -0.508 e. The van der Waals surface area contributed by atoms with Crippen LogP contribution in [0.5, 0.6) is 11.5 Å². The molecular formula is C55H75NO5. The summed E-state index contributed by atoms with van der Waals surface area (Å²) in [6.45, 7) is 16.8. The van der Waals surface area contributed by atoms with Gasteiger partial charge in [-0.25, -0.2) is 0 Å². The van der Waals surface area contributed by atoms with E-state index in [0.717, 1.165) is 56.1 Å². The number of hydrogen-bond acceptors (Lipinski definition) is 6. The Balaban J connectivity index is 0.000000184. The van der Waals surface area contributed by atoms with Crippen molar-refractivity contribution in [1.82, 2.24) is 4.90 Å². The zero-order chi connectivity index (χ0) is 43.1. The maximum atomic E-state index is 10.1. The molecule has 4 N–H and O–H groups in total. The molecule has 0 unspecified atom stereocenters. The Kier molecular flexibility index (Phi) is 15.0. The summed E-state index contributed by atoms with van der Waals surface area (Å²) in [5, 5.41) is 40.3. The van der Waals surface area contributed by atoms with Crippen LogP contribution in [0, 0.1) is 23.2 Å². The molecule has 8 atom stereocenters. The molecule has 0 spiro atoms. The second kappa shape index (κ2) is 20.2. The largest absolute Gasteiger partial charge is 0.508 e. The van der Waals surface area contributed by atoms with Gasteiger partial charge in [-0.3, -0.25) is 4.90 Å². The van der Waals surface area contributed by atoms with Gasteiger partial charge in [0.1, 0.15) is 18.1 Å². The molecule has 3 aromatic carbocycles. The average Bonchev–Trinajstić information content (AvgIpc) is 3.90. The number of ether oxygens (including phenoxy) is 1. The first-order chi connectivity index (χ1) is 29.3. The van der Waals surface area contributed by atoms with Crippen LogP contribution in [0.3, 0.4) is 0 Å². The smallest absolute Gasteiger partial charge is 0.119 e. The molecule has 4 aliphatic carbocycles. The minimum absolute atomic E-state index is 0.283. The van der Waals surface area contributed by atoms with Crippen LogP contribution in [0.2, 0.25) is 0 Å². The van der Waals surface area contributed by atoms with E-state index in [4.69, 9.17) is 4.74 Å². The highest BCUT2D eigenvalue weighted by Crippen LogP contribution is 2.60. The van der Waals surface area contributed by atoms with Crippen molar-refractivity contribution in [3.05, 3.63) is 131 Å². The standard InChI is InChI=1S/C28H31NO2.C27H44O3/c30-24-11-15-27-23(20-24)10-14-26(21-6-2-1-3-7-21)28(27)22-8-12-25(13-9-22)31-19-18-29-16-4-5-17-29;1-18(8-6-14-26(3,4)30)22-12-13-23-21(9-7-15-27(22,23)5)11-10-20-16-24(28)19(2)25(29)17-20/h1-3,6-9,11-13,15,20,26,28,30H,4-5,10,14,16-19H2;10-11,18,22-25,28-30H,2,6-9,12-17H2,1,3-5H3/b;21-11+/t26-,28+;18-,22+,23-,24+,25+,27+/m10/s1. The fraction of sp³-hybridized carbons (Fsp3) is 0.564. The van der Waals surface area contributed by atoms with Crippen LogP contribution in [-0.4, -0.2) is 69.4 Å². The molecule has 5 aliphatic rings. The number of benzene rings is 3. The zero-order valence-electron chi connectivity index (χ0n) is 37.7. The van der Waals surface area contributed by atoms with E-state index in [9.17, 15) is 20.4 Å². The Morgan fingerprint density at radius 1 is 0.885 bits per heavy atom. The zero-order valence-corrected chi connectivity index (χ0v) is 37.7. The summed E-state index contributed by atoms with van der Waals surface area (Å²) in [5.41, 5.74) is 8.40. The number of hydrogen-bond donors (Lipinski definition) is 4. The van der Waals surface area contributed by atoms with E-state index < -0.39 is 17.8 Å². The summed E-state index contributed by atoms with van der Waals surface area (Å²) in [5.74, 6) is 4.15. The lowest BCUT2D eigenvalue weighted by atomic mass is 9.60. The van der Waals surface area contributed by atoms with Gasteiger partial charge in [-0.2, -0.15) is 0 Å². The molecule has 1 saturated heterocycles. The first-order valence-corrected chi connectivity index (χ1v) is 23.8. The summed E-state index contributed by atoms with van der Waals surface area (Å²) in [6, 6.07) is 25.4. The molecule has 0 aromatic heterocycles. The molecule has 4 fully saturated rings. The topological polar surface area (TPSA) is 93.4 Å². The van der Waals surface area contributed by atoms with Crippen LogP contribution in [0.4, 0.5) is 0 Å². The van der Waals surface area contributed by atoms with Gasteiger partial charge >= 0.3 is 0 Å². The van der Waals surface area contributed by atoms with Gasteiger partial charge in [0, 0.05) is 12.5 Å². The number of nitrogens with zero attached hydrogens (tertiary/aromatic N) is 1. The molecule has 6 nitrogen and oxygen atoms in total. The maximum Gasteiger partial charge on any atom is 0.119 e. The monoisotopic (exact) mass is 830 g/mol. The predicted molar refractivity (Wildman–Crippen MR) is 249 cm³/mol. The van der Waals surface area contributed by atoms with Crippen LogP contribution < -0.4 is 4.74 Å². The van der Waals surface area contributed by atoms with Gasteiger partial charge in [-0.15, -0.1) is 0 Å². The Bertz CT molecular complexity index is 1940. The van der Waals surface area contributed by atoms with Crippen molar-refractivity contribution in [1.29, 1.82) is 0 Å². The van der Waals surface area contributed by atoms with Gasteiger partial charge in [-0.05, 0) is 185 Å². The van der Waals surface area contributed by atoms with Gasteiger partial charge in [0.05, 0.1) is 17.8 Å². The van der Waals surface area contributed by atoms with Crippen molar-refractivity contribution in [2.45, 2.75) is 147 Å². The first kappa shape index (κ1) is 45.3. The van der Waals surface area contributed by atoms with E-state index in [1.54, 1.807) is 5.57 Å². The summed E-state index contributed by atoms with van der Waals surface area (Å²) in [4.78, 5) is 2.48. The average molecular weight is 830 g/mol. The second-order valence-electron chi connectivity index (χ2n) is 20.2. The van der Waals surface area contributed by atoms with E-state index >= 15 is 0 Å². The van der Waals surface area contributed by atoms with Crippen molar-refractivity contribution in [3.8, 4) is 11.5 Å². The highest BCUT2D eigenvalue weighted by atomic mass is 16.5. The first-order valence-electron chi connectivity index (χ1n) is 23.8. The van der Waals surface area contributed by atoms with Crippen LogP contribution in [-0.2, 0) is 6.42 Å². The van der Waals surface area contributed by atoms with Crippen molar-refractivity contribution >= 4 is 0 Å². The summed E-state index contributed by atoms with van der Waals surface area (Å²) < 4.78 is 6.03. The number of phenols is 1. The number of aliphatic hydroxyl groups is 3. The maximum absolute atomic E-state index is 10.1. The number of aliphatic hydroxyl groups excluding tert-OH is 2. The number of rotatable bonds is 12. The van der Waals surface area contributed by atoms with Crippen LogP contribution >= 0.6 is 0 Å². The summed E-state index contributed by atoms with van der Waals surface area (Å²) in [7, 11) is 0. The molecule has 8 rings (SSSR count). The second-order valence-corrected chi connectivity index (χ2v) is 20.2. The SMILES string of the molecule is C=C1[C@H](O)CC(=C/C=C2\CCC[C@]3(C)[C@@H]([C@@H](C)CCCC(C)(C)O)CC[C@@H]23)C[C@H]1O.Oc1ccc2c(c1)CC[C@H](c1ccccc1)[C@@H]2c1ccc(OCCN2CCCC2)cc1. The molecule has 0 radical (unpaired) electrons. The number of aromatic hydroxyl groups is 1. The molecule has 6 heteroatoms. The Labute approximate surface area is 367 Å². The number of fused-ring (bicyclic) bond motifs is 2. The van der Waals surface area contributed by atoms with Gasteiger partial charge < -0.3 is 25.2 Å². The summed E-state index contributed by atoms with van der Waals surface area (Å²) in [6.07, 6.45) is 18.8. The highest BCUT2D eigenvalue weighted by molar-refractivity contribution is 5.48. The number of likely N-dealkylation sites (tertiary alicyclic amines) is 1. The van der Waals surface area contributed by atoms with E-state index in [1.807, 2.05) is 26.0 Å². The van der Waals surface area contributed by atoms with Gasteiger partial charge in [-0.1, -0.05) is 105 Å². The lowest BCUT2D eigenvalue weighted by Gasteiger charge is -2.44. The highest BCUT2D eigenvalue weighted by Gasteiger charge is 2.50. The third-order valence-corrected chi connectivity index (χ3v) is 15.4. The Morgan fingerprint density at radius 3 is 2.31 bits per heavy atom. The fourth-order valence-electron chi connectivity index (χ4n) is 12.0. The molecule has 61 heavy (non-hydrogen) atoms. The van der Waals surface area contributed by atoms with Gasteiger partial charge in [0.2, 0.25) is 0 Å². The normalized spacial score (nSPS) is 29.1. The molecule has 0 bridgehead atoms. The molecule has 3 aromatic rings. The van der Waals surface area contributed by atoms with Gasteiger partial charge in [0.15, 0.2) is 0 Å². The molecule has 1 heterocycles. The lowest BCUT2D eigenvalue weighted by molar-refractivity contribution is 0.0596. The minimum atomic E-state index is -0.615. The van der Waals surface area contributed by atoms with Crippen LogP contribution in [0.15, 0.2) is 108 Å². The Morgan fingerprint density at radius 2 is 1.61 bits per heavy atom. The van der Waals surface area contributed by atoms with Crippen molar-refractivity contribution in [2.75, 3.05) is 26.2 Å². The third-order valence-electron chi connectivity index (χ3n) is 15.4. The fourth-order valence-corrected chi connectivity index (χ4v) is 12.0. The van der Waals surface area contributed by atoms with E-state index in [0.29, 0.717) is 47.3 Å². The molecule has 1 aliphatic heterocycles. The van der Waals surface area contributed by atoms with E-state index in [-0.39, 0.29) is 5.92 Å². The number of aryl methyl sites for hydroxylation is 1.